The Labute approximate surface area is 98.8 Å². The Morgan fingerprint density at radius 1 is 1.35 bits per heavy atom. The Morgan fingerprint density at radius 3 is 2.59 bits per heavy atom. The third-order valence-electron chi connectivity index (χ3n) is 3.41. The summed E-state index contributed by atoms with van der Waals surface area (Å²) in [5.41, 5.74) is 1.08. The minimum Gasteiger partial charge on any atom is -0.394 e. The number of benzene rings is 1. The number of nitrogens with zero attached hydrogens (tertiary/aromatic N) is 2. The van der Waals surface area contributed by atoms with Crippen LogP contribution in [0.15, 0.2) is 30.3 Å². The normalized spacial score (nSPS) is 32.5. The van der Waals surface area contributed by atoms with Gasteiger partial charge in [0.2, 0.25) is 5.91 Å². The van der Waals surface area contributed by atoms with E-state index < -0.39 is 12.0 Å². The van der Waals surface area contributed by atoms with Crippen LogP contribution in [0, 0.1) is 5.92 Å². The summed E-state index contributed by atoms with van der Waals surface area (Å²) in [4.78, 5) is 11.9. The minimum absolute atomic E-state index is 0.0193. The van der Waals surface area contributed by atoms with Crippen molar-refractivity contribution in [2.45, 2.75) is 12.3 Å². The molecule has 2 heterocycles. The van der Waals surface area contributed by atoms with Gasteiger partial charge in [0.15, 0.2) is 0 Å². The molecule has 17 heavy (non-hydrogen) atoms. The third-order valence-corrected chi connectivity index (χ3v) is 3.41. The van der Waals surface area contributed by atoms with E-state index >= 15 is 0 Å². The zero-order valence-electron chi connectivity index (χ0n) is 9.23. The summed E-state index contributed by atoms with van der Waals surface area (Å²) in [6.45, 7) is 0.119. The molecule has 0 aliphatic carbocycles. The molecule has 0 bridgehead atoms. The molecule has 90 valence electrons. The quantitative estimate of drug-likeness (QED) is 0.707. The topological polar surface area (TPSA) is 63.5 Å². The van der Waals surface area contributed by atoms with Gasteiger partial charge in [0.05, 0.1) is 18.6 Å². The van der Waals surface area contributed by atoms with E-state index in [9.17, 15) is 9.90 Å². The van der Waals surface area contributed by atoms with E-state index in [1.165, 1.54) is 0 Å². The van der Waals surface area contributed by atoms with Crippen molar-refractivity contribution in [2.24, 2.45) is 5.92 Å². The Morgan fingerprint density at radius 2 is 2.06 bits per heavy atom. The lowest BCUT2D eigenvalue weighted by molar-refractivity contribution is -0.132. The lowest BCUT2D eigenvalue weighted by Gasteiger charge is -2.15. The van der Waals surface area contributed by atoms with Crippen molar-refractivity contribution in [1.29, 1.82) is 0 Å². The van der Waals surface area contributed by atoms with E-state index in [-0.39, 0.29) is 18.7 Å². The van der Waals surface area contributed by atoms with Gasteiger partial charge in [-0.05, 0) is 5.56 Å². The number of carbonyl (C=O) groups is 1. The van der Waals surface area contributed by atoms with Gasteiger partial charge < -0.3 is 10.2 Å². The Bertz CT molecular complexity index is 437. The van der Waals surface area contributed by atoms with Gasteiger partial charge in [-0.15, -0.1) is 0 Å². The van der Waals surface area contributed by atoms with Crippen LogP contribution in [0.3, 0.4) is 0 Å². The molecule has 1 aromatic rings. The predicted octanol–water partition coefficient (Wildman–Crippen LogP) is -0.273. The molecule has 2 unspecified atom stereocenters. The number of hydrogen-bond acceptors (Lipinski definition) is 4. The fourth-order valence-electron chi connectivity index (χ4n) is 2.44. The Hall–Kier alpha value is -1.43. The standard InChI is InChI=1S/C12H14N2O3/c15-7-10(16)9-6-13-11(14(13)12(9)17)8-4-2-1-3-5-8/h1-5,9-11,15-16H,6-7H2/t9-,10-,11?,13?,14?/m0/s1. The van der Waals surface area contributed by atoms with E-state index in [0.29, 0.717) is 6.54 Å². The highest BCUT2D eigenvalue weighted by atomic mass is 16.3. The highest BCUT2D eigenvalue weighted by Crippen LogP contribution is 2.47. The van der Waals surface area contributed by atoms with Gasteiger partial charge >= 0.3 is 0 Å². The van der Waals surface area contributed by atoms with Crippen LogP contribution >= 0.6 is 0 Å². The monoisotopic (exact) mass is 234 g/mol. The van der Waals surface area contributed by atoms with Gasteiger partial charge in [0.25, 0.3) is 0 Å². The first-order valence-electron chi connectivity index (χ1n) is 5.67. The summed E-state index contributed by atoms with van der Waals surface area (Å²) in [5.74, 6) is -0.583. The first-order chi connectivity index (χ1) is 8.24. The fraction of sp³-hybridized carbons (Fsp3) is 0.417. The molecule has 5 nitrogen and oxygen atoms in total. The van der Waals surface area contributed by atoms with E-state index in [2.05, 4.69) is 0 Å². The number of aliphatic hydroxyl groups is 2. The summed E-state index contributed by atoms with van der Waals surface area (Å²) < 4.78 is 0. The summed E-state index contributed by atoms with van der Waals surface area (Å²) >= 11 is 0. The summed E-state index contributed by atoms with van der Waals surface area (Å²) in [6.07, 6.45) is -0.933. The Kier molecular flexibility index (Phi) is 2.39. The van der Waals surface area contributed by atoms with Gasteiger partial charge in [-0.2, -0.15) is 5.01 Å². The first-order valence-corrected chi connectivity index (χ1v) is 5.67. The molecule has 0 radical (unpaired) electrons. The van der Waals surface area contributed by atoms with Gasteiger partial charge in [0, 0.05) is 6.54 Å². The second-order valence-electron chi connectivity index (χ2n) is 4.45. The number of rotatable bonds is 3. The minimum atomic E-state index is -0.952. The molecule has 1 amide bonds. The van der Waals surface area contributed by atoms with Crippen molar-refractivity contribution in [3.63, 3.8) is 0 Å². The molecular weight excluding hydrogens is 220 g/mol. The van der Waals surface area contributed by atoms with E-state index in [1.807, 2.05) is 35.3 Å². The van der Waals surface area contributed by atoms with Crippen LogP contribution in [0.1, 0.15) is 11.7 Å². The zero-order valence-corrected chi connectivity index (χ0v) is 9.23. The molecule has 3 rings (SSSR count). The van der Waals surface area contributed by atoms with Crippen LogP contribution in [0.25, 0.3) is 0 Å². The molecule has 2 aliphatic rings. The van der Waals surface area contributed by atoms with E-state index in [1.54, 1.807) is 5.01 Å². The van der Waals surface area contributed by atoms with Crippen LogP contribution in [0.4, 0.5) is 0 Å². The van der Waals surface area contributed by atoms with Crippen molar-refractivity contribution in [3.8, 4) is 0 Å². The largest absolute Gasteiger partial charge is 0.394 e. The number of hydrogen-bond donors (Lipinski definition) is 2. The number of fused-ring (bicyclic) bond motifs is 1. The fourth-order valence-corrected chi connectivity index (χ4v) is 2.44. The van der Waals surface area contributed by atoms with Gasteiger partial charge in [-0.1, -0.05) is 30.3 Å². The van der Waals surface area contributed by atoms with Crippen molar-refractivity contribution < 1.29 is 15.0 Å². The average Bonchev–Trinajstić information content (AvgIpc) is 3.00. The molecular formula is C12H14N2O3. The summed E-state index contributed by atoms with van der Waals surface area (Å²) in [5, 5.41) is 21.9. The van der Waals surface area contributed by atoms with Crippen LogP contribution in [-0.2, 0) is 4.79 Å². The second-order valence-corrected chi connectivity index (χ2v) is 4.45. The van der Waals surface area contributed by atoms with Crippen LogP contribution in [-0.4, -0.2) is 45.4 Å². The van der Waals surface area contributed by atoms with E-state index in [0.717, 1.165) is 5.56 Å². The van der Waals surface area contributed by atoms with Crippen LogP contribution < -0.4 is 0 Å². The molecule has 0 aromatic heterocycles. The smallest absolute Gasteiger partial charge is 0.246 e. The highest BCUT2D eigenvalue weighted by Gasteiger charge is 2.59. The maximum Gasteiger partial charge on any atom is 0.246 e. The molecule has 1 aromatic carbocycles. The maximum atomic E-state index is 11.9. The van der Waals surface area contributed by atoms with Crippen molar-refractivity contribution in [3.05, 3.63) is 35.9 Å². The van der Waals surface area contributed by atoms with Gasteiger partial charge in [-0.3, -0.25) is 4.79 Å². The molecule has 5 heteroatoms. The van der Waals surface area contributed by atoms with Gasteiger partial charge in [-0.25, -0.2) is 5.01 Å². The molecule has 4 atom stereocenters. The van der Waals surface area contributed by atoms with Crippen LogP contribution in [0.2, 0.25) is 0 Å². The number of carbonyl (C=O) groups excluding carboxylic acids is 1. The summed E-state index contributed by atoms with van der Waals surface area (Å²) in [6, 6.07) is 9.78. The lowest BCUT2D eigenvalue weighted by Crippen LogP contribution is -2.34. The maximum absolute atomic E-state index is 11.9. The SMILES string of the molecule is O=C1[C@H]([C@@H](O)CO)CN2C(c3ccccc3)N12. The van der Waals surface area contributed by atoms with Crippen molar-refractivity contribution in [1.82, 2.24) is 10.0 Å². The molecule has 0 spiro atoms. The average molecular weight is 234 g/mol. The summed E-state index contributed by atoms with van der Waals surface area (Å²) in [7, 11) is 0. The van der Waals surface area contributed by atoms with Gasteiger partial charge in [0.1, 0.15) is 6.17 Å². The molecule has 0 saturated carbocycles. The van der Waals surface area contributed by atoms with E-state index in [4.69, 9.17) is 5.11 Å². The predicted molar refractivity (Wildman–Crippen MR) is 59.3 cm³/mol. The first kappa shape index (κ1) is 10.7. The number of hydrazine groups is 1. The molecule has 2 fully saturated rings. The lowest BCUT2D eigenvalue weighted by atomic mass is 10.0. The molecule has 2 N–H and O–H groups in total. The second kappa shape index (κ2) is 3.80. The van der Waals surface area contributed by atoms with Crippen molar-refractivity contribution >= 4 is 5.91 Å². The zero-order chi connectivity index (χ0) is 12.0. The molecule has 2 saturated heterocycles. The third kappa shape index (κ3) is 1.55. The highest BCUT2D eigenvalue weighted by molar-refractivity contribution is 5.84. The van der Waals surface area contributed by atoms with Crippen molar-refractivity contribution in [2.75, 3.05) is 13.2 Å². The van der Waals surface area contributed by atoms with Crippen LogP contribution in [0.5, 0.6) is 0 Å². The Balaban J connectivity index is 1.73. The number of aliphatic hydroxyl groups excluding tert-OH is 2. The molecule has 2 aliphatic heterocycles. The number of amides is 1.